The zero-order valence-electron chi connectivity index (χ0n) is 12.9. The van der Waals surface area contributed by atoms with Gasteiger partial charge in [0.1, 0.15) is 0 Å². The Kier molecular flexibility index (Phi) is 4.02. The lowest BCUT2D eigenvalue weighted by atomic mass is 10.1. The average Bonchev–Trinajstić information content (AvgIpc) is 3.03. The van der Waals surface area contributed by atoms with Crippen molar-refractivity contribution in [3.63, 3.8) is 0 Å². The van der Waals surface area contributed by atoms with Crippen molar-refractivity contribution >= 4 is 16.5 Å². The van der Waals surface area contributed by atoms with Crippen LogP contribution < -0.4 is 10.2 Å². The number of piperazine rings is 1. The Morgan fingerprint density at radius 2 is 2.20 bits per heavy atom. The molecule has 0 radical (unpaired) electrons. The first-order valence-corrected chi connectivity index (χ1v) is 8.58. The van der Waals surface area contributed by atoms with Crippen LogP contribution in [0.2, 0.25) is 0 Å². The van der Waals surface area contributed by atoms with Crippen LogP contribution in [0.4, 0.5) is 5.13 Å². The highest BCUT2D eigenvalue weighted by Crippen LogP contribution is 2.27. The predicted molar refractivity (Wildman–Crippen MR) is 85.5 cm³/mol. The molecule has 2 aliphatic heterocycles. The van der Waals surface area contributed by atoms with Crippen LogP contribution in [0, 0.1) is 0 Å². The number of nitrogens with one attached hydrogen (secondary N) is 1. The third kappa shape index (κ3) is 3.32. The minimum atomic E-state index is 0.152. The molecule has 2 aliphatic rings. The smallest absolute Gasteiger partial charge is 0.185 e. The van der Waals surface area contributed by atoms with E-state index in [1.165, 1.54) is 43.3 Å². The zero-order chi connectivity index (χ0) is 14.2. The fourth-order valence-corrected chi connectivity index (χ4v) is 3.91. The van der Waals surface area contributed by atoms with Gasteiger partial charge in [-0.25, -0.2) is 4.98 Å². The Morgan fingerprint density at radius 3 is 3.00 bits per heavy atom. The van der Waals surface area contributed by atoms with Crippen molar-refractivity contribution in [2.24, 2.45) is 0 Å². The van der Waals surface area contributed by atoms with E-state index in [9.17, 15) is 0 Å². The highest BCUT2D eigenvalue weighted by molar-refractivity contribution is 7.13. The molecule has 3 heterocycles. The maximum absolute atomic E-state index is 4.81. The minimum absolute atomic E-state index is 0.152. The Balaban J connectivity index is 1.59. The van der Waals surface area contributed by atoms with Gasteiger partial charge in [-0.15, -0.1) is 11.3 Å². The Labute approximate surface area is 126 Å². The van der Waals surface area contributed by atoms with E-state index >= 15 is 0 Å². The summed E-state index contributed by atoms with van der Waals surface area (Å²) in [5.74, 6) is 0. The third-order valence-electron chi connectivity index (χ3n) is 4.20. The SMILES string of the molecule is CC(C)(C)NCc1csc(N2CCN3CCCC3C2)n1. The maximum Gasteiger partial charge on any atom is 0.185 e. The first kappa shape index (κ1) is 14.3. The minimum Gasteiger partial charge on any atom is -0.345 e. The van der Waals surface area contributed by atoms with Gasteiger partial charge in [-0.2, -0.15) is 0 Å². The topological polar surface area (TPSA) is 31.4 Å². The quantitative estimate of drug-likeness (QED) is 0.927. The summed E-state index contributed by atoms with van der Waals surface area (Å²) in [6.07, 6.45) is 2.73. The first-order chi connectivity index (χ1) is 9.51. The number of fused-ring (bicyclic) bond motifs is 1. The fourth-order valence-electron chi connectivity index (χ4n) is 3.04. The summed E-state index contributed by atoms with van der Waals surface area (Å²) in [6.45, 7) is 12.3. The molecule has 3 rings (SSSR count). The van der Waals surface area contributed by atoms with Gasteiger partial charge in [0.25, 0.3) is 0 Å². The van der Waals surface area contributed by atoms with Crippen LogP contribution in [-0.4, -0.2) is 47.6 Å². The van der Waals surface area contributed by atoms with Crippen molar-refractivity contribution in [3.05, 3.63) is 11.1 Å². The van der Waals surface area contributed by atoms with Gasteiger partial charge in [0.15, 0.2) is 5.13 Å². The van der Waals surface area contributed by atoms with E-state index in [-0.39, 0.29) is 5.54 Å². The van der Waals surface area contributed by atoms with Crippen LogP contribution in [0.3, 0.4) is 0 Å². The van der Waals surface area contributed by atoms with Gasteiger partial charge in [-0.05, 0) is 40.2 Å². The van der Waals surface area contributed by atoms with E-state index in [0.717, 1.165) is 19.1 Å². The Bertz CT molecular complexity index is 451. The van der Waals surface area contributed by atoms with E-state index in [0.29, 0.717) is 0 Å². The normalized spacial score (nSPS) is 24.1. The molecule has 0 aromatic carbocycles. The molecule has 1 aromatic heterocycles. The predicted octanol–water partition coefficient (Wildman–Crippen LogP) is 2.32. The van der Waals surface area contributed by atoms with Crippen LogP contribution in [0.5, 0.6) is 0 Å². The number of rotatable bonds is 3. The molecule has 2 fully saturated rings. The van der Waals surface area contributed by atoms with Crippen LogP contribution in [0.25, 0.3) is 0 Å². The Hall–Kier alpha value is -0.650. The Morgan fingerprint density at radius 1 is 1.35 bits per heavy atom. The summed E-state index contributed by atoms with van der Waals surface area (Å²) in [6, 6.07) is 0.767. The zero-order valence-corrected chi connectivity index (χ0v) is 13.7. The summed E-state index contributed by atoms with van der Waals surface area (Å²) in [4.78, 5) is 9.94. The van der Waals surface area contributed by atoms with Gasteiger partial charge in [0, 0.05) is 43.1 Å². The first-order valence-electron chi connectivity index (χ1n) is 7.70. The summed E-state index contributed by atoms with van der Waals surface area (Å²) < 4.78 is 0. The maximum atomic E-state index is 4.81. The molecule has 0 spiro atoms. The lowest BCUT2D eigenvalue weighted by molar-refractivity contribution is 0.231. The molecule has 2 saturated heterocycles. The highest BCUT2D eigenvalue weighted by atomic mass is 32.1. The summed E-state index contributed by atoms with van der Waals surface area (Å²) in [7, 11) is 0. The molecule has 1 aromatic rings. The molecule has 0 bridgehead atoms. The second kappa shape index (κ2) is 5.62. The van der Waals surface area contributed by atoms with Crippen LogP contribution in [-0.2, 0) is 6.54 Å². The molecule has 4 nitrogen and oxygen atoms in total. The van der Waals surface area contributed by atoms with Crippen LogP contribution >= 0.6 is 11.3 Å². The van der Waals surface area contributed by atoms with Crippen LogP contribution in [0.15, 0.2) is 5.38 Å². The van der Waals surface area contributed by atoms with Gasteiger partial charge in [-0.3, -0.25) is 4.90 Å². The van der Waals surface area contributed by atoms with E-state index < -0.39 is 0 Å². The molecular formula is C15H26N4S. The lowest BCUT2D eigenvalue weighted by Crippen LogP contribution is -2.50. The number of aromatic nitrogens is 1. The summed E-state index contributed by atoms with van der Waals surface area (Å²) >= 11 is 1.80. The largest absolute Gasteiger partial charge is 0.345 e. The molecule has 0 aliphatic carbocycles. The van der Waals surface area contributed by atoms with Crippen molar-refractivity contribution in [3.8, 4) is 0 Å². The van der Waals surface area contributed by atoms with Crippen molar-refractivity contribution in [1.29, 1.82) is 0 Å². The molecule has 1 atom stereocenters. The van der Waals surface area contributed by atoms with E-state index in [1.807, 2.05) is 0 Å². The average molecular weight is 294 g/mol. The standard InChI is InChI=1S/C15H26N4S/c1-15(2,3)16-9-12-11-20-14(17-12)19-8-7-18-6-4-5-13(18)10-19/h11,13,16H,4-10H2,1-3H3. The van der Waals surface area contributed by atoms with Gasteiger partial charge < -0.3 is 10.2 Å². The summed E-state index contributed by atoms with van der Waals surface area (Å²) in [5.41, 5.74) is 1.33. The van der Waals surface area contributed by atoms with Crippen molar-refractivity contribution in [2.45, 2.75) is 51.7 Å². The monoisotopic (exact) mass is 294 g/mol. The number of anilines is 1. The molecule has 112 valence electrons. The number of thiazole rings is 1. The van der Waals surface area contributed by atoms with E-state index in [4.69, 9.17) is 4.98 Å². The number of hydrogen-bond acceptors (Lipinski definition) is 5. The molecule has 1 N–H and O–H groups in total. The fraction of sp³-hybridized carbons (Fsp3) is 0.800. The van der Waals surface area contributed by atoms with Crippen molar-refractivity contribution in [2.75, 3.05) is 31.1 Å². The van der Waals surface area contributed by atoms with Gasteiger partial charge in [0.2, 0.25) is 0 Å². The molecular weight excluding hydrogens is 268 g/mol. The summed E-state index contributed by atoms with van der Waals surface area (Å²) in [5, 5.41) is 6.92. The van der Waals surface area contributed by atoms with E-state index in [1.54, 1.807) is 11.3 Å². The van der Waals surface area contributed by atoms with Crippen molar-refractivity contribution in [1.82, 2.24) is 15.2 Å². The van der Waals surface area contributed by atoms with Gasteiger partial charge in [-0.1, -0.05) is 0 Å². The van der Waals surface area contributed by atoms with E-state index in [2.05, 4.69) is 41.3 Å². The second-order valence-corrected chi connectivity index (χ2v) is 7.84. The second-order valence-electron chi connectivity index (χ2n) is 7.00. The highest BCUT2D eigenvalue weighted by Gasteiger charge is 2.31. The van der Waals surface area contributed by atoms with Crippen molar-refractivity contribution < 1.29 is 0 Å². The number of nitrogens with zero attached hydrogens (tertiary/aromatic N) is 3. The molecule has 0 amide bonds. The molecule has 5 heteroatoms. The lowest BCUT2D eigenvalue weighted by Gasteiger charge is -2.37. The third-order valence-corrected chi connectivity index (χ3v) is 5.15. The number of hydrogen-bond donors (Lipinski definition) is 1. The molecule has 1 unspecified atom stereocenters. The van der Waals surface area contributed by atoms with Gasteiger partial charge in [0.05, 0.1) is 5.69 Å². The molecule has 0 saturated carbocycles. The molecule has 20 heavy (non-hydrogen) atoms. The van der Waals surface area contributed by atoms with Gasteiger partial charge >= 0.3 is 0 Å². The van der Waals surface area contributed by atoms with Crippen LogP contribution in [0.1, 0.15) is 39.3 Å².